The van der Waals surface area contributed by atoms with Crippen LogP contribution >= 0.6 is 11.8 Å². The van der Waals surface area contributed by atoms with Crippen molar-refractivity contribution >= 4 is 11.8 Å². The molecule has 0 radical (unpaired) electrons. The standard InChI is InChI=1S/C13H22N2O2S/c1-4-7-10-8-11(16)15-12(14-10)18-9-13(17,5-2)6-3/h8,17H,4-7,9H2,1-3H3,(H,14,15,16). The zero-order valence-corrected chi connectivity index (χ0v) is 12.1. The first-order chi connectivity index (χ1) is 8.53. The van der Waals surface area contributed by atoms with Crippen molar-refractivity contribution in [2.45, 2.75) is 57.2 Å². The molecular formula is C13H22N2O2S. The number of nitrogens with zero attached hydrogens (tertiary/aromatic N) is 1. The molecule has 0 amide bonds. The van der Waals surface area contributed by atoms with Crippen LogP contribution in [-0.2, 0) is 6.42 Å². The molecule has 0 fully saturated rings. The number of rotatable bonds is 7. The fraction of sp³-hybridized carbons (Fsp3) is 0.692. The highest BCUT2D eigenvalue weighted by Gasteiger charge is 2.22. The molecule has 0 saturated carbocycles. The van der Waals surface area contributed by atoms with Crippen molar-refractivity contribution in [3.05, 3.63) is 22.1 Å². The lowest BCUT2D eigenvalue weighted by atomic mass is 10.0. The molecule has 0 aliphatic heterocycles. The maximum absolute atomic E-state index is 11.5. The van der Waals surface area contributed by atoms with E-state index < -0.39 is 5.60 Å². The normalized spacial score (nSPS) is 11.8. The van der Waals surface area contributed by atoms with Crippen molar-refractivity contribution in [1.29, 1.82) is 0 Å². The monoisotopic (exact) mass is 270 g/mol. The summed E-state index contributed by atoms with van der Waals surface area (Å²) in [4.78, 5) is 18.6. The molecule has 102 valence electrons. The molecule has 0 bridgehead atoms. The van der Waals surface area contributed by atoms with E-state index in [1.165, 1.54) is 11.8 Å². The van der Waals surface area contributed by atoms with Gasteiger partial charge in [-0.25, -0.2) is 4.98 Å². The first-order valence-corrected chi connectivity index (χ1v) is 7.47. The molecule has 5 heteroatoms. The molecule has 1 rings (SSSR count). The van der Waals surface area contributed by atoms with Crippen molar-refractivity contribution in [1.82, 2.24) is 9.97 Å². The van der Waals surface area contributed by atoms with Gasteiger partial charge in [0.1, 0.15) is 0 Å². The van der Waals surface area contributed by atoms with E-state index in [2.05, 4.69) is 16.9 Å². The highest BCUT2D eigenvalue weighted by atomic mass is 32.2. The minimum Gasteiger partial charge on any atom is -0.389 e. The number of thioether (sulfide) groups is 1. The molecule has 0 atom stereocenters. The van der Waals surface area contributed by atoms with E-state index in [1.807, 2.05) is 13.8 Å². The predicted molar refractivity (Wildman–Crippen MR) is 75.1 cm³/mol. The maximum atomic E-state index is 11.5. The number of aliphatic hydroxyl groups is 1. The predicted octanol–water partition coefficient (Wildman–Crippen LogP) is 2.37. The number of nitrogens with one attached hydrogen (secondary N) is 1. The fourth-order valence-corrected chi connectivity index (χ4v) is 2.76. The molecule has 0 aromatic carbocycles. The third kappa shape index (κ3) is 4.46. The second-order valence-electron chi connectivity index (χ2n) is 4.51. The van der Waals surface area contributed by atoms with Crippen LogP contribution in [-0.4, -0.2) is 26.4 Å². The Hall–Kier alpha value is -0.810. The van der Waals surface area contributed by atoms with Crippen LogP contribution in [0.4, 0.5) is 0 Å². The van der Waals surface area contributed by atoms with Crippen molar-refractivity contribution in [3.63, 3.8) is 0 Å². The Morgan fingerprint density at radius 2 is 2.06 bits per heavy atom. The quantitative estimate of drug-likeness (QED) is 0.589. The molecule has 0 saturated heterocycles. The van der Waals surface area contributed by atoms with Gasteiger partial charge < -0.3 is 10.1 Å². The van der Waals surface area contributed by atoms with Gasteiger partial charge in [-0.05, 0) is 19.3 Å². The number of aromatic amines is 1. The van der Waals surface area contributed by atoms with E-state index in [0.29, 0.717) is 23.8 Å². The minimum atomic E-state index is -0.677. The van der Waals surface area contributed by atoms with E-state index in [-0.39, 0.29) is 5.56 Å². The molecule has 1 heterocycles. The first kappa shape index (κ1) is 15.2. The van der Waals surface area contributed by atoms with Crippen LogP contribution in [0, 0.1) is 0 Å². The Labute approximate surface area is 112 Å². The summed E-state index contributed by atoms with van der Waals surface area (Å²) in [6.45, 7) is 5.99. The molecule has 0 aliphatic rings. The van der Waals surface area contributed by atoms with Gasteiger partial charge in [0, 0.05) is 17.5 Å². The Kier molecular flexibility index (Phi) is 5.88. The summed E-state index contributed by atoms with van der Waals surface area (Å²) in [7, 11) is 0. The van der Waals surface area contributed by atoms with E-state index in [0.717, 1.165) is 18.5 Å². The van der Waals surface area contributed by atoms with Gasteiger partial charge in [0.15, 0.2) is 5.16 Å². The Morgan fingerprint density at radius 1 is 1.39 bits per heavy atom. The van der Waals surface area contributed by atoms with Gasteiger partial charge in [0.05, 0.1) is 5.60 Å². The minimum absolute atomic E-state index is 0.118. The third-order valence-electron chi connectivity index (χ3n) is 3.07. The molecule has 4 nitrogen and oxygen atoms in total. The maximum Gasteiger partial charge on any atom is 0.251 e. The van der Waals surface area contributed by atoms with Crippen LogP contribution in [0.3, 0.4) is 0 Å². The second kappa shape index (κ2) is 6.95. The van der Waals surface area contributed by atoms with Gasteiger partial charge in [0.2, 0.25) is 0 Å². The van der Waals surface area contributed by atoms with Crippen molar-refractivity contribution in [2.24, 2.45) is 0 Å². The number of hydrogen-bond acceptors (Lipinski definition) is 4. The summed E-state index contributed by atoms with van der Waals surface area (Å²) in [6.07, 6.45) is 3.18. The SMILES string of the molecule is CCCc1cc(=O)[nH]c(SCC(O)(CC)CC)n1. The lowest BCUT2D eigenvalue weighted by molar-refractivity contribution is 0.0571. The van der Waals surface area contributed by atoms with Gasteiger partial charge in [-0.15, -0.1) is 0 Å². The Bertz CT molecular complexity index is 427. The number of aryl methyl sites for hydroxylation is 1. The van der Waals surface area contributed by atoms with Crippen molar-refractivity contribution < 1.29 is 5.11 Å². The van der Waals surface area contributed by atoms with E-state index >= 15 is 0 Å². The van der Waals surface area contributed by atoms with Gasteiger partial charge in [-0.1, -0.05) is 39.0 Å². The van der Waals surface area contributed by atoms with Crippen molar-refractivity contribution in [2.75, 3.05) is 5.75 Å². The van der Waals surface area contributed by atoms with Gasteiger partial charge >= 0.3 is 0 Å². The fourth-order valence-electron chi connectivity index (χ4n) is 1.59. The highest BCUT2D eigenvalue weighted by molar-refractivity contribution is 7.99. The first-order valence-electron chi connectivity index (χ1n) is 6.48. The summed E-state index contributed by atoms with van der Waals surface area (Å²) < 4.78 is 0. The van der Waals surface area contributed by atoms with Crippen LogP contribution in [0.2, 0.25) is 0 Å². The largest absolute Gasteiger partial charge is 0.389 e. The van der Waals surface area contributed by atoms with Crippen LogP contribution in [0.1, 0.15) is 45.7 Å². The molecular weight excluding hydrogens is 248 g/mol. The Morgan fingerprint density at radius 3 is 2.61 bits per heavy atom. The van der Waals surface area contributed by atoms with Crippen LogP contribution in [0.5, 0.6) is 0 Å². The topological polar surface area (TPSA) is 66.0 Å². The molecule has 0 spiro atoms. The number of hydrogen-bond donors (Lipinski definition) is 2. The zero-order chi connectivity index (χ0) is 13.6. The summed E-state index contributed by atoms with van der Waals surface area (Å²) >= 11 is 1.41. The summed E-state index contributed by atoms with van der Waals surface area (Å²) in [5.74, 6) is 0.554. The lowest BCUT2D eigenvalue weighted by Gasteiger charge is -2.24. The van der Waals surface area contributed by atoms with Gasteiger partial charge in [-0.2, -0.15) is 0 Å². The van der Waals surface area contributed by atoms with E-state index in [9.17, 15) is 9.90 Å². The average molecular weight is 270 g/mol. The zero-order valence-electron chi connectivity index (χ0n) is 11.3. The number of aromatic nitrogens is 2. The summed E-state index contributed by atoms with van der Waals surface area (Å²) in [5.41, 5.74) is 0.0251. The number of H-pyrrole nitrogens is 1. The van der Waals surface area contributed by atoms with E-state index in [1.54, 1.807) is 6.07 Å². The molecule has 0 aliphatic carbocycles. The molecule has 2 N–H and O–H groups in total. The molecule has 18 heavy (non-hydrogen) atoms. The Balaban J connectivity index is 2.75. The van der Waals surface area contributed by atoms with E-state index in [4.69, 9.17) is 0 Å². The molecule has 1 aromatic heterocycles. The third-order valence-corrected chi connectivity index (χ3v) is 4.22. The lowest BCUT2D eigenvalue weighted by Crippen LogP contribution is -2.29. The van der Waals surface area contributed by atoms with Crippen molar-refractivity contribution in [3.8, 4) is 0 Å². The highest BCUT2D eigenvalue weighted by Crippen LogP contribution is 2.24. The second-order valence-corrected chi connectivity index (χ2v) is 5.48. The average Bonchev–Trinajstić information content (AvgIpc) is 2.36. The molecule has 1 aromatic rings. The summed E-state index contributed by atoms with van der Waals surface area (Å²) in [6, 6.07) is 1.54. The van der Waals surface area contributed by atoms with Crippen LogP contribution < -0.4 is 5.56 Å². The smallest absolute Gasteiger partial charge is 0.251 e. The van der Waals surface area contributed by atoms with Crippen LogP contribution in [0.15, 0.2) is 16.0 Å². The summed E-state index contributed by atoms with van der Waals surface area (Å²) in [5, 5.41) is 10.8. The molecule has 0 unspecified atom stereocenters. The van der Waals surface area contributed by atoms with Gasteiger partial charge in [-0.3, -0.25) is 4.79 Å². The van der Waals surface area contributed by atoms with Gasteiger partial charge in [0.25, 0.3) is 5.56 Å². The van der Waals surface area contributed by atoms with Crippen LogP contribution in [0.25, 0.3) is 0 Å².